The average molecular weight is 461 g/mol. The van der Waals surface area contributed by atoms with Gasteiger partial charge in [-0.2, -0.15) is 0 Å². The van der Waals surface area contributed by atoms with E-state index >= 15 is 0 Å². The molecular weight excluding hydrogens is 432 g/mol. The molecule has 0 radical (unpaired) electrons. The fourth-order valence-corrected chi connectivity index (χ4v) is 4.86. The van der Waals surface area contributed by atoms with Crippen molar-refractivity contribution in [3.05, 3.63) is 89.0 Å². The minimum absolute atomic E-state index is 0.0608. The third-order valence-electron chi connectivity index (χ3n) is 5.64. The van der Waals surface area contributed by atoms with Gasteiger partial charge in [0.15, 0.2) is 0 Å². The van der Waals surface area contributed by atoms with Crippen LogP contribution in [0.2, 0.25) is 0 Å². The minimum atomic E-state index is -0.149. The Hall–Kier alpha value is -3.09. The van der Waals surface area contributed by atoms with Gasteiger partial charge in [0.05, 0.1) is 17.8 Å². The van der Waals surface area contributed by atoms with Gasteiger partial charge in [0, 0.05) is 35.1 Å². The molecule has 33 heavy (non-hydrogen) atoms. The van der Waals surface area contributed by atoms with Crippen LogP contribution in [0.25, 0.3) is 0 Å². The van der Waals surface area contributed by atoms with Crippen LogP contribution in [0, 0.1) is 6.92 Å². The van der Waals surface area contributed by atoms with Crippen molar-refractivity contribution in [3.8, 4) is 0 Å². The number of anilines is 1. The number of aryl methyl sites for hydroxylation is 1. The summed E-state index contributed by atoms with van der Waals surface area (Å²) in [5.41, 5.74) is 4.17. The zero-order chi connectivity index (χ0) is 23.2. The predicted octanol–water partition coefficient (Wildman–Crippen LogP) is 5.46. The number of carbonyl (C=O) groups excluding carboxylic acids is 2. The first kappa shape index (κ1) is 23.1. The van der Waals surface area contributed by atoms with E-state index in [1.165, 1.54) is 0 Å². The maximum Gasteiger partial charge on any atom is 0.259 e. The Labute approximate surface area is 199 Å². The molecule has 0 fully saturated rings. The molecule has 0 spiro atoms. The Morgan fingerprint density at radius 3 is 2.64 bits per heavy atom. The average Bonchev–Trinajstić information content (AvgIpc) is 2.94. The summed E-state index contributed by atoms with van der Waals surface area (Å²) in [4.78, 5) is 30.1. The number of amides is 2. The lowest BCUT2D eigenvalue weighted by molar-refractivity contribution is 0.0941. The quantitative estimate of drug-likeness (QED) is 0.453. The van der Waals surface area contributed by atoms with Gasteiger partial charge in [0.2, 0.25) is 0 Å². The van der Waals surface area contributed by atoms with Gasteiger partial charge < -0.3 is 15.0 Å². The third kappa shape index (κ3) is 5.29. The predicted molar refractivity (Wildman–Crippen MR) is 132 cm³/mol. The van der Waals surface area contributed by atoms with Crippen molar-refractivity contribution in [1.82, 2.24) is 5.32 Å². The number of hydrogen-bond acceptors (Lipinski definition) is 4. The molecule has 170 valence electrons. The molecule has 0 unspecified atom stereocenters. The van der Waals surface area contributed by atoms with E-state index < -0.39 is 0 Å². The Morgan fingerprint density at radius 1 is 1.03 bits per heavy atom. The van der Waals surface area contributed by atoms with Gasteiger partial charge in [-0.25, -0.2) is 0 Å². The molecule has 6 heteroatoms. The molecule has 1 heterocycles. The Bertz CT molecular complexity index is 1160. The van der Waals surface area contributed by atoms with Crippen LogP contribution in [0.4, 0.5) is 5.69 Å². The molecule has 0 aliphatic carbocycles. The van der Waals surface area contributed by atoms with E-state index in [1.807, 2.05) is 80.6 Å². The van der Waals surface area contributed by atoms with Crippen molar-refractivity contribution in [2.75, 3.05) is 24.7 Å². The maximum absolute atomic E-state index is 13.7. The van der Waals surface area contributed by atoms with E-state index in [-0.39, 0.29) is 11.8 Å². The molecule has 0 bridgehead atoms. The molecular formula is C27H28N2O3S. The van der Waals surface area contributed by atoms with Crippen molar-refractivity contribution < 1.29 is 14.3 Å². The highest BCUT2D eigenvalue weighted by molar-refractivity contribution is 7.99. The number of rotatable bonds is 8. The highest BCUT2D eigenvalue weighted by Gasteiger charge is 2.28. The van der Waals surface area contributed by atoms with Crippen molar-refractivity contribution in [2.45, 2.75) is 36.6 Å². The van der Waals surface area contributed by atoms with Crippen LogP contribution < -0.4 is 10.2 Å². The molecule has 1 N–H and O–H groups in total. The molecule has 1 aliphatic rings. The third-order valence-corrected chi connectivity index (χ3v) is 6.78. The summed E-state index contributed by atoms with van der Waals surface area (Å²) in [7, 11) is 0. The van der Waals surface area contributed by atoms with Gasteiger partial charge in [0.1, 0.15) is 0 Å². The van der Waals surface area contributed by atoms with Crippen LogP contribution in [0.1, 0.15) is 45.2 Å². The van der Waals surface area contributed by atoms with Crippen LogP contribution in [0.15, 0.2) is 76.5 Å². The number of nitrogens with one attached hydrogen (secondary N) is 1. The lowest BCUT2D eigenvalue weighted by Gasteiger charge is -2.24. The van der Waals surface area contributed by atoms with E-state index in [4.69, 9.17) is 4.74 Å². The molecule has 0 saturated carbocycles. The summed E-state index contributed by atoms with van der Waals surface area (Å²) >= 11 is 1.56. The van der Waals surface area contributed by atoms with E-state index in [2.05, 4.69) is 5.32 Å². The fourth-order valence-electron chi connectivity index (χ4n) is 3.80. The summed E-state index contributed by atoms with van der Waals surface area (Å²) in [5.74, 6) is -0.210. The zero-order valence-electron chi connectivity index (χ0n) is 19.0. The number of benzene rings is 3. The van der Waals surface area contributed by atoms with Gasteiger partial charge in [-0.1, -0.05) is 48.2 Å². The van der Waals surface area contributed by atoms with Gasteiger partial charge in [0.25, 0.3) is 11.8 Å². The van der Waals surface area contributed by atoms with Crippen LogP contribution in [0.3, 0.4) is 0 Å². The maximum atomic E-state index is 13.7. The van der Waals surface area contributed by atoms with Crippen molar-refractivity contribution in [3.63, 3.8) is 0 Å². The molecule has 3 aromatic carbocycles. The normalized spacial score (nSPS) is 12.7. The molecule has 4 rings (SSSR count). The van der Waals surface area contributed by atoms with Crippen LogP contribution in [0.5, 0.6) is 0 Å². The SMILES string of the molecule is CCOCCCNC(=O)c1ccc2c(c1)N(Cc1ccccc1C)C(=O)c1ccccc1S2. The van der Waals surface area contributed by atoms with Gasteiger partial charge in [-0.3, -0.25) is 9.59 Å². The monoisotopic (exact) mass is 460 g/mol. The number of fused-ring (bicyclic) bond motifs is 2. The standard InChI is InChI=1S/C27H28N2O3S/c1-3-32-16-8-15-28-26(30)20-13-14-25-23(17-20)29(18-21-10-5-4-9-19(21)2)27(31)22-11-6-7-12-24(22)33-25/h4-7,9-14,17H,3,8,15-16,18H2,1-2H3,(H,28,30). The zero-order valence-corrected chi connectivity index (χ0v) is 19.8. The molecule has 5 nitrogen and oxygen atoms in total. The van der Waals surface area contributed by atoms with Gasteiger partial charge >= 0.3 is 0 Å². The van der Waals surface area contributed by atoms with Crippen LogP contribution in [-0.2, 0) is 11.3 Å². The fraction of sp³-hybridized carbons (Fsp3) is 0.259. The molecule has 0 saturated heterocycles. The van der Waals surface area contributed by atoms with Crippen molar-refractivity contribution in [1.29, 1.82) is 0 Å². The van der Waals surface area contributed by atoms with Gasteiger partial charge in [-0.05, 0) is 61.7 Å². The lowest BCUT2D eigenvalue weighted by Crippen LogP contribution is -2.31. The van der Waals surface area contributed by atoms with E-state index in [0.29, 0.717) is 37.4 Å². The molecule has 1 aliphatic heterocycles. The second-order valence-electron chi connectivity index (χ2n) is 7.90. The molecule has 3 aromatic rings. The summed E-state index contributed by atoms with van der Waals surface area (Å²) in [6.45, 7) is 6.27. The Morgan fingerprint density at radius 2 is 1.82 bits per heavy atom. The van der Waals surface area contributed by atoms with E-state index in [1.54, 1.807) is 16.7 Å². The smallest absolute Gasteiger partial charge is 0.259 e. The Kier molecular flexibility index (Phi) is 7.47. The molecule has 0 atom stereocenters. The summed E-state index contributed by atoms with van der Waals surface area (Å²) < 4.78 is 5.33. The second kappa shape index (κ2) is 10.7. The Balaban J connectivity index is 1.67. The highest BCUT2D eigenvalue weighted by atomic mass is 32.2. The first-order chi connectivity index (χ1) is 16.1. The van der Waals surface area contributed by atoms with Crippen LogP contribution >= 0.6 is 11.8 Å². The van der Waals surface area contributed by atoms with E-state index in [9.17, 15) is 9.59 Å². The number of hydrogen-bond donors (Lipinski definition) is 1. The first-order valence-electron chi connectivity index (χ1n) is 11.2. The number of nitrogens with zero attached hydrogens (tertiary/aromatic N) is 1. The minimum Gasteiger partial charge on any atom is -0.382 e. The number of ether oxygens (including phenoxy) is 1. The first-order valence-corrected chi connectivity index (χ1v) is 12.0. The molecule has 0 aromatic heterocycles. The topological polar surface area (TPSA) is 58.6 Å². The van der Waals surface area contributed by atoms with Crippen molar-refractivity contribution >= 4 is 29.3 Å². The van der Waals surface area contributed by atoms with E-state index in [0.717, 1.165) is 33.0 Å². The summed E-state index contributed by atoms with van der Waals surface area (Å²) in [6.07, 6.45) is 0.758. The number of carbonyl (C=O) groups is 2. The molecule has 2 amide bonds. The summed E-state index contributed by atoms with van der Waals surface area (Å²) in [5, 5.41) is 2.95. The van der Waals surface area contributed by atoms with Crippen molar-refractivity contribution in [2.24, 2.45) is 0 Å². The highest BCUT2D eigenvalue weighted by Crippen LogP contribution is 2.42. The second-order valence-corrected chi connectivity index (χ2v) is 8.99. The largest absolute Gasteiger partial charge is 0.382 e. The van der Waals surface area contributed by atoms with Crippen LogP contribution in [-0.4, -0.2) is 31.6 Å². The summed E-state index contributed by atoms with van der Waals surface area (Å²) in [6, 6.07) is 21.3. The lowest BCUT2D eigenvalue weighted by atomic mass is 10.1. The van der Waals surface area contributed by atoms with Gasteiger partial charge in [-0.15, -0.1) is 0 Å².